The maximum atomic E-state index is 5.84. The van der Waals surface area contributed by atoms with Crippen molar-refractivity contribution < 1.29 is 4.74 Å². The van der Waals surface area contributed by atoms with Crippen LogP contribution >= 0.6 is 0 Å². The van der Waals surface area contributed by atoms with E-state index in [2.05, 4.69) is 69.2 Å². The molecule has 1 saturated heterocycles. The van der Waals surface area contributed by atoms with E-state index >= 15 is 0 Å². The van der Waals surface area contributed by atoms with Crippen LogP contribution in [0.4, 0.5) is 5.69 Å². The number of aromatic nitrogens is 2. The van der Waals surface area contributed by atoms with Gasteiger partial charge < -0.3 is 24.4 Å². The Bertz CT molecular complexity index is 1220. The number of piperazine rings is 1. The predicted molar refractivity (Wildman–Crippen MR) is 141 cm³/mol. The van der Waals surface area contributed by atoms with Gasteiger partial charge in [0, 0.05) is 67.3 Å². The minimum absolute atomic E-state index is 0.681. The van der Waals surface area contributed by atoms with Crippen LogP contribution in [0.5, 0.6) is 5.75 Å². The number of ether oxygens (including phenoxy) is 1. The number of pyridine rings is 1. The molecule has 0 amide bonds. The molecule has 0 bridgehead atoms. The number of anilines is 1. The number of hydrogen-bond donors (Lipinski definition) is 1. The monoisotopic (exact) mass is 455 g/mol. The summed E-state index contributed by atoms with van der Waals surface area (Å²) in [7, 11) is 6.29. The van der Waals surface area contributed by atoms with Crippen LogP contribution in [0.1, 0.15) is 0 Å². The van der Waals surface area contributed by atoms with E-state index in [1.807, 2.05) is 38.6 Å². The first-order valence-corrected chi connectivity index (χ1v) is 12.0. The van der Waals surface area contributed by atoms with E-state index in [0.717, 1.165) is 66.2 Å². The second-order valence-electron chi connectivity index (χ2n) is 9.34. The molecule has 4 aromatic rings. The standard InChI is InChI=1S/C28H33N5O/c1-31(2)16-17-34-25-10-6-22(7-11-25)27-20-30-28-26(27)18-23(19-29-28)21-4-8-24(9-5-21)33-14-12-32(3)13-15-33/h4-11,18-20H,12-17H2,1-3H3,(H,29,30). The Morgan fingerprint density at radius 2 is 1.62 bits per heavy atom. The lowest BCUT2D eigenvalue weighted by Gasteiger charge is -2.34. The molecule has 6 heteroatoms. The topological polar surface area (TPSA) is 47.6 Å². The van der Waals surface area contributed by atoms with Crippen LogP contribution in [-0.4, -0.2) is 80.2 Å². The van der Waals surface area contributed by atoms with Crippen molar-refractivity contribution in [3.63, 3.8) is 0 Å². The fourth-order valence-electron chi connectivity index (χ4n) is 4.41. The molecule has 34 heavy (non-hydrogen) atoms. The number of nitrogens with zero attached hydrogens (tertiary/aromatic N) is 4. The number of rotatable bonds is 7. The number of fused-ring (bicyclic) bond motifs is 1. The Kier molecular flexibility index (Phi) is 6.52. The molecule has 1 aliphatic rings. The molecule has 0 radical (unpaired) electrons. The van der Waals surface area contributed by atoms with Crippen molar-refractivity contribution in [1.29, 1.82) is 0 Å². The van der Waals surface area contributed by atoms with Crippen LogP contribution in [0, 0.1) is 0 Å². The molecule has 0 spiro atoms. The van der Waals surface area contributed by atoms with E-state index in [-0.39, 0.29) is 0 Å². The molecule has 0 unspecified atom stereocenters. The van der Waals surface area contributed by atoms with E-state index in [1.165, 1.54) is 11.3 Å². The molecule has 3 heterocycles. The van der Waals surface area contributed by atoms with Crippen molar-refractivity contribution in [3.8, 4) is 28.0 Å². The van der Waals surface area contributed by atoms with Crippen molar-refractivity contribution in [1.82, 2.24) is 19.8 Å². The van der Waals surface area contributed by atoms with Crippen LogP contribution in [0.3, 0.4) is 0 Å². The van der Waals surface area contributed by atoms with Crippen molar-refractivity contribution in [2.45, 2.75) is 0 Å². The molecule has 0 saturated carbocycles. The van der Waals surface area contributed by atoms with Gasteiger partial charge in [-0.05, 0) is 62.6 Å². The summed E-state index contributed by atoms with van der Waals surface area (Å²) in [6.07, 6.45) is 4.00. The Morgan fingerprint density at radius 1 is 0.912 bits per heavy atom. The van der Waals surface area contributed by atoms with Crippen LogP contribution in [0.25, 0.3) is 33.3 Å². The minimum atomic E-state index is 0.681. The van der Waals surface area contributed by atoms with Gasteiger partial charge in [-0.25, -0.2) is 4.98 Å². The van der Waals surface area contributed by atoms with E-state index in [1.54, 1.807) is 0 Å². The van der Waals surface area contributed by atoms with Gasteiger partial charge in [0.15, 0.2) is 0 Å². The van der Waals surface area contributed by atoms with Gasteiger partial charge in [0.1, 0.15) is 18.0 Å². The quantitative estimate of drug-likeness (QED) is 0.442. The largest absolute Gasteiger partial charge is 0.492 e. The van der Waals surface area contributed by atoms with Crippen molar-refractivity contribution in [2.24, 2.45) is 0 Å². The first-order valence-electron chi connectivity index (χ1n) is 12.0. The molecule has 5 rings (SSSR count). The summed E-state index contributed by atoms with van der Waals surface area (Å²) >= 11 is 0. The van der Waals surface area contributed by atoms with E-state index in [0.29, 0.717) is 6.61 Å². The smallest absolute Gasteiger partial charge is 0.137 e. The van der Waals surface area contributed by atoms with Gasteiger partial charge in [-0.2, -0.15) is 0 Å². The molecule has 1 aliphatic heterocycles. The minimum Gasteiger partial charge on any atom is -0.492 e. The molecular formula is C28H33N5O. The lowest BCUT2D eigenvalue weighted by molar-refractivity contribution is 0.261. The summed E-state index contributed by atoms with van der Waals surface area (Å²) in [5.41, 5.74) is 6.81. The van der Waals surface area contributed by atoms with Gasteiger partial charge in [0.05, 0.1) is 0 Å². The highest BCUT2D eigenvalue weighted by molar-refractivity contribution is 5.95. The predicted octanol–water partition coefficient (Wildman–Crippen LogP) is 4.59. The lowest BCUT2D eigenvalue weighted by atomic mass is 10.0. The second-order valence-corrected chi connectivity index (χ2v) is 9.34. The zero-order valence-corrected chi connectivity index (χ0v) is 20.3. The SMILES string of the molecule is CN(C)CCOc1ccc(-c2c[nH]c3ncc(-c4ccc(N5CCN(C)CC5)cc4)cc23)cc1. The maximum absolute atomic E-state index is 5.84. The van der Waals surface area contributed by atoms with Crippen molar-refractivity contribution >= 4 is 16.7 Å². The second kappa shape index (κ2) is 9.87. The molecule has 2 aromatic carbocycles. The maximum Gasteiger partial charge on any atom is 0.137 e. The molecular weight excluding hydrogens is 422 g/mol. The molecule has 2 aromatic heterocycles. The molecule has 0 atom stereocenters. The number of H-pyrrole nitrogens is 1. The Morgan fingerprint density at radius 3 is 2.32 bits per heavy atom. The summed E-state index contributed by atoms with van der Waals surface area (Å²) in [5.74, 6) is 0.893. The Labute approximate surface area is 201 Å². The average molecular weight is 456 g/mol. The zero-order valence-electron chi connectivity index (χ0n) is 20.3. The molecule has 176 valence electrons. The van der Waals surface area contributed by atoms with E-state index < -0.39 is 0 Å². The lowest BCUT2D eigenvalue weighted by Crippen LogP contribution is -2.44. The summed E-state index contributed by atoms with van der Waals surface area (Å²) in [4.78, 5) is 15.0. The van der Waals surface area contributed by atoms with Crippen LogP contribution in [-0.2, 0) is 0 Å². The molecule has 0 aliphatic carbocycles. The van der Waals surface area contributed by atoms with E-state index in [9.17, 15) is 0 Å². The summed E-state index contributed by atoms with van der Waals surface area (Å²) < 4.78 is 5.84. The highest BCUT2D eigenvalue weighted by atomic mass is 16.5. The Hall–Kier alpha value is -3.35. The molecule has 6 nitrogen and oxygen atoms in total. The first-order chi connectivity index (χ1) is 16.6. The molecule has 1 N–H and O–H groups in total. The number of hydrogen-bond acceptors (Lipinski definition) is 5. The van der Waals surface area contributed by atoms with E-state index in [4.69, 9.17) is 9.72 Å². The summed E-state index contributed by atoms with van der Waals surface area (Å²) in [6.45, 7) is 5.96. The van der Waals surface area contributed by atoms with Crippen molar-refractivity contribution in [2.75, 3.05) is 65.4 Å². The Balaban J connectivity index is 1.35. The van der Waals surface area contributed by atoms with Gasteiger partial charge in [0.25, 0.3) is 0 Å². The van der Waals surface area contributed by atoms with Crippen LogP contribution in [0.2, 0.25) is 0 Å². The highest BCUT2D eigenvalue weighted by Crippen LogP contribution is 2.32. The van der Waals surface area contributed by atoms with Gasteiger partial charge in [-0.3, -0.25) is 0 Å². The third kappa shape index (κ3) is 4.93. The number of nitrogens with one attached hydrogen (secondary N) is 1. The van der Waals surface area contributed by atoms with Crippen LogP contribution in [0.15, 0.2) is 67.0 Å². The average Bonchev–Trinajstić information content (AvgIpc) is 3.28. The molecule has 1 fully saturated rings. The first kappa shape index (κ1) is 22.4. The van der Waals surface area contributed by atoms with Crippen molar-refractivity contribution in [3.05, 3.63) is 67.0 Å². The zero-order chi connectivity index (χ0) is 23.5. The summed E-state index contributed by atoms with van der Waals surface area (Å²) in [5, 5.41) is 1.13. The van der Waals surface area contributed by atoms with Gasteiger partial charge in [-0.1, -0.05) is 24.3 Å². The fraction of sp³-hybridized carbons (Fsp3) is 0.321. The number of likely N-dealkylation sites (N-methyl/N-ethyl adjacent to an activating group) is 2. The summed E-state index contributed by atoms with van der Waals surface area (Å²) in [6, 6.07) is 19.4. The third-order valence-corrected chi connectivity index (χ3v) is 6.57. The van der Waals surface area contributed by atoms with Crippen LogP contribution < -0.4 is 9.64 Å². The van der Waals surface area contributed by atoms with Gasteiger partial charge in [-0.15, -0.1) is 0 Å². The van der Waals surface area contributed by atoms with Gasteiger partial charge >= 0.3 is 0 Å². The number of aromatic amines is 1. The third-order valence-electron chi connectivity index (χ3n) is 6.57. The fourth-order valence-corrected chi connectivity index (χ4v) is 4.41. The number of benzene rings is 2. The highest BCUT2D eigenvalue weighted by Gasteiger charge is 2.14. The normalized spacial score (nSPS) is 14.8. The van der Waals surface area contributed by atoms with Gasteiger partial charge in [0.2, 0.25) is 0 Å².